The zero-order valence-corrected chi connectivity index (χ0v) is 14.6. The van der Waals surface area contributed by atoms with Crippen LogP contribution < -0.4 is 5.73 Å². The van der Waals surface area contributed by atoms with Crippen molar-refractivity contribution < 1.29 is 9.59 Å². The first-order valence-electron chi connectivity index (χ1n) is 7.90. The number of halogens is 1. The fourth-order valence-electron chi connectivity index (χ4n) is 2.67. The Labute approximate surface area is 144 Å². The first-order chi connectivity index (χ1) is 10.5. The maximum atomic E-state index is 12.6. The van der Waals surface area contributed by atoms with Gasteiger partial charge in [0.2, 0.25) is 5.91 Å². The Bertz CT molecular complexity index is 531. The van der Waals surface area contributed by atoms with Gasteiger partial charge in [-0.15, -0.1) is 12.4 Å². The number of nitrogens with zero attached hydrogens (tertiary/aromatic N) is 2. The van der Waals surface area contributed by atoms with Gasteiger partial charge in [0.15, 0.2) is 0 Å². The quantitative estimate of drug-likeness (QED) is 0.914. The zero-order valence-electron chi connectivity index (χ0n) is 13.8. The Hall–Kier alpha value is -1.59. The number of nitrogens with two attached hydrogens (primary N) is 1. The van der Waals surface area contributed by atoms with Crippen LogP contribution in [0.1, 0.15) is 36.2 Å². The Kier molecular flexibility index (Phi) is 7.52. The molecule has 1 heterocycles. The second kappa shape index (κ2) is 8.89. The van der Waals surface area contributed by atoms with Gasteiger partial charge in [-0.3, -0.25) is 9.59 Å². The van der Waals surface area contributed by atoms with Crippen LogP contribution in [0.25, 0.3) is 0 Å². The Morgan fingerprint density at radius 1 is 1.04 bits per heavy atom. The van der Waals surface area contributed by atoms with Crippen molar-refractivity contribution in [2.75, 3.05) is 26.2 Å². The van der Waals surface area contributed by atoms with E-state index in [1.807, 2.05) is 47.9 Å². The van der Waals surface area contributed by atoms with Crippen LogP contribution in [-0.4, -0.2) is 47.8 Å². The molecule has 23 heavy (non-hydrogen) atoms. The second-order valence-electron chi connectivity index (χ2n) is 6.03. The Morgan fingerprint density at radius 2 is 1.61 bits per heavy atom. The zero-order chi connectivity index (χ0) is 16.1. The van der Waals surface area contributed by atoms with Crippen molar-refractivity contribution in [2.45, 2.75) is 26.8 Å². The van der Waals surface area contributed by atoms with Crippen LogP contribution in [0, 0.1) is 5.92 Å². The normalized spacial score (nSPS) is 15.1. The molecule has 1 aliphatic rings. The minimum atomic E-state index is 0. The van der Waals surface area contributed by atoms with Crippen molar-refractivity contribution >= 4 is 24.2 Å². The molecule has 2 rings (SSSR count). The fourth-order valence-corrected chi connectivity index (χ4v) is 2.67. The van der Waals surface area contributed by atoms with E-state index in [9.17, 15) is 9.59 Å². The fraction of sp³-hybridized carbons (Fsp3) is 0.529. The molecule has 1 aromatic rings. The van der Waals surface area contributed by atoms with Crippen LogP contribution in [0.4, 0.5) is 0 Å². The molecule has 2 amide bonds. The molecule has 2 N–H and O–H groups in total. The van der Waals surface area contributed by atoms with E-state index in [1.54, 1.807) is 0 Å². The summed E-state index contributed by atoms with van der Waals surface area (Å²) < 4.78 is 0. The molecule has 0 unspecified atom stereocenters. The smallest absolute Gasteiger partial charge is 0.253 e. The highest BCUT2D eigenvalue weighted by Gasteiger charge is 2.23. The lowest BCUT2D eigenvalue weighted by atomic mass is 10.1. The molecule has 1 aromatic carbocycles. The molecular weight excluding hydrogens is 314 g/mol. The lowest BCUT2D eigenvalue weighted by molar-refractivity contribution is -0.134. The van der Waals surface area contributed by atoms with Crippen molar-refractivity contribution in [1.82, 2.24) is 9.80 Å². The summed E-state index contributed by atoms with van der Waals surface area (Å²) in [6.07, 6.45) is 0.824. The van der Waals surface area contributed by atoms with E-state index in [0.717, 1.165) is 18.5 Å². The summed E-state index contributed by atoms with van der Waals surface area (Å²) in [6, 6.07) is 7.43. The van der Waals surface area contributed by atoms with Gasteiger partial charge in [-0.25, -0.2) is 0 Å². The van der Waals surface area contributed by atoms with Gasteiger partial charge >= 0.3 is 0 Å². The van der Waals surface area contributed by atoms with Crippen molar-refractivity contribution in [1.29, 1.82) is 0 Å². The van der Waals surface area contributed by atoms with E-state index in [2.05, 4.69) is 0 Å². The third-order valence-electron chi connectivity index (χ3n) is 4.03. The van der Waals surface area contributed by atoms with E-state index in [4.69, 9.17) is 5.73 Å². The van der Waals surface area contributed by atoms with Crippen molar-refractivity contribution in [2.24, 2.45) is 11.7 Å². The summed E-state index contributed by atoms with van der Waals surface area (Å²) in [4.78, 5) is 28.3. The molecule has 128 valence electrons. The molecule has 0 spiro atoms. The molecule has 5 nitrogen and oxygen atoms in total. The summed E-state index contributed by atoms with van der Waals surface area (Å²) in [7, 11) is 0. The third-order valence-corrected chi connectivity index (χ3v) is 4.03. The number of amides is 2. The van der Waals surface area contributed by atoms with Crippen LogP contribution in [-0.2, 0) is 11.3 Å². The van der Waals surface area contributed by atoms with Gasteiger partial charge < -0.3 is 15.5 Å². The van der Waals surface area contributed by atoms with Gasteiger partial charge in [0.25, 0.3) is 5.91 Å². The van der Waals surface area contributed by atoms with Gasteiger partial charge in [-0.2, -0.15) is 0 Å². The minimum Gasteiger partial charge on any atom is -0.341 e. The SMILES string of the molecule is CC(C)C(=O)N1CCCN(C(=O)c2ccc(CN)cc2)CC1.Cl. The molecule has 1 aliphatic heterocycles. The average molecular weight is 340 g/mol. The number of carbonyl (C=O) groups excluding carboxylic acids is 2. The predicted octanol–water partition coefficient (Wildman–Crippen LogP) is 1.90. The van der Waals surface area contributed by atoms with Crippen LogP contribution >= 0.6 is 12.4 Å². The van der Waals surface area contributed by atoms with Crippen molar-refractivity contribution in [3.63, 3.8) is 0 Å². The van der Waals surface area contributed by atoms with E-state index in [-0.39, 0.29) is 30.1 Å². The van der Waals surface area contributed by atoms with Crippen LogP contribution in [0.3, 0.4) is 0 Å². The van der Waals surface area contributed by atoms with Gasteiger partial charge in [0.05, 0.1) is 0 Å². The highest BCUT2D eigenvalue weighted by Crippen LogP contribution is 2.12. The molecule has 1 saturated heterocycles. The topological polar surface area (TPSA) is 66.6 Å². The van der Waals surface area contributed by atoms with E-state index in [0.29, 0.717) is 31.7 Å². The lowest BCUT2D eigenvalue weighted by Gasteiger charge is -2.23. The van der Waals surface area contributed by atoms with Crippen molar-refractivity contribution in [3.05, 3.63) is 35.4 Å². The average Bonchev–Trinajstić information content (AvgIpc) is 2.79. The number of carbonyl (C=O) groups is 2. The standard InChI is InChI=1S/C17H25N3O2.ClH/c1-13(2)16(21)19-8-3-9-20(11-10-19)17(22)15-6-4-14(12-18)5-7-15;/h4-7,13H,3,8-12,18H2,1-2H3;1H. The molecule has 0 bridgehead atoms. The summed E-state index contributed by atoms with van der Waals surface area (Å²) in [5.41, 5.74) is 7.27. The summed E-state index contributed by atoms with van der Waals surface area (Å²) >= 11 is 0. The van der Waals surface area contributed by atoms with Crippen LogP contribution in [0.5, 0.6) is 0 Å². The van der Waals surface area contributed by atoms with E-state index < -0.39 is 0 Å². The molecule has 0 aliphatic carbocycles. The van der Waals surface area contributed by atoms with Gasteiger partial charge in [-0.05, 0) is 24.1 Å². The van der Waals surface area contributed by atoms with Crippen molar-refractivity contribution in [3.8, 4) is 0 Å². The third kappa shape index (κ3) is 4.94. The summed E-state index contributed by atoms with van der Waals surface area (Å²) in [5, 5.41) is 0. The molecule has 0 atom stereocenters. The number of hydrogen-bond donors (Lipinski definition) is 1. The predicted molar refractivity (Wildman–Crippen MR) is 93.5 cm³/mol. The number of benzene rings is 1. The van der Waals surface area contributed by atoms with E-state index >= 15 is 0 Å². The molecule has 0 saturated carbocycles. The second-order valence-corrected chi connectivity index (χ2v) is 6.03. The Morgan fingerprint density at radius 3 is 2.17 bits per heavy atom. The molecule has 6 heteroatoms. The highest BCUT2D eigenvalue weighted by molar-refractivity contribution is 5.94. The Balaban J connectivity index is 0.00000264. The van der Waals surface area contributed by atoms with Gasteiger partial charge in [0.1, 0.15) is 0 Å². The van der Waals surface area contributed by atoms with Gasteiger partial charge in [-0.1, -0.05) is 26.0 Å². The van der Waals surface area contributed by atoms with Gasteiger partial charge in [0, 0.05) is 44.2 Å². The highest BCUT2D eigenvalue weighted by atomic mass is 35.5. The molecular formula is C17H26ClN3O2. The maximum absolute atomic E-state index is 12.6. The minimum absolute atomic E-state index is 0. The first-order valence-corrected chi connectivity index (χ1v) is 7.90. The molecule has 0 aromatic heterocycles. The largest absolute Gasteiger partial charge is 0.341 e. The monoisotopic (exact) mass is 339 g/mol. The number of hydrogen-bond acceptors (Lipinski definition) is 3. The van der Waals surface area contributed by atoms with E-state index in [1.165, 1.54) is 0 Å². The summed E-state index contributed by atoms with van der Waals surface area (Å²) in [5.74, 6) is 0.204. The molecule has 1 fully saturated rings. The maximum Gasteiger partial charge on any atom is 0.253 e. The van der Waals surface area contributed by atoms with Crippen LogP contribution in [0.2, 0.25) is 0 Å². The molecule has 0 radical (unpaired) electrons. The lowest BCUT2D eigenvalue weighted by Crippen LogP contribution is -2.38. The summed E-state index contributed by atoms with van der Waals surface area (Å²) in [6.45, 7) is 6.93. The van der Waals surface area contributed by atoms with Crippen LogP contribution in [0.15, 0.2) is 24.3 Å². The first kappa shape index (κ1) is 19.5. The number of rotatable bonds is 3.